The fourth-order valence-electron chi connectivity index (χ4n) is 4.22. The van der Waals surface area contributed by atoms with Crippen LogP contribution < -0.4 is 10.1 Å². The van der Waals surface area contributed by atoms with Crippen LogP contribution in [0, 0.1) is 5.92 Å². The molecule has 2 aromatic rings. The van der Waals surface area contributed by atoms with E-state index in [1.54, 1.807) is 6.08 Å². The van der Waals surface area contributed by atoms with Gasteiger partial charge in [0.1, 0.15) is 5.75 Å². The van der Waals surface area contributed by atoms with Gasteiger partial charge in [-0.3, -0.25) is 4.79 Å². The highest BCUT2D eigenvalue weighted by Gasteiger charge is 2.18. The molecule has 5 heteroatoms. The molecule has 3 rings (SSSR count). The average Bonchev–Trinajstić information content (AvgIpc) is 3.21. The van der Waals surface area contributed by atoms with Gasteiger partial charge in [0, 0.05) is 29.7 Å². The predicted octanol–water partition coefficient (Wildman–Crippen LogP) is 5.41. The Balaban J connectivity index is 1.34. The first-order valence-electron chi connectivity index (χ1n) is 12.4. The lowest BCUT2D eigenvalue weighted by Crippen LogP contribution is -2.39. The molecule has 1 fully saturated rings. The third kappa shape index (κ3) is 8.58. The predicted molar refractivity (Wildman–Crippen MR) is 138 cm³/mol. The first kappa shape index (κ1) is 24.8. The number of likely N-dealkylation sites (tertiary alicyclic amines) is 1. The number of aromatic nitrogens is 1. The van der Waals surface area contributed by atoms with Crippen LogP contribution in [0.25, 0.3) is 10.9 Å². The molecule has 0 bridgehead atoms. The van der Waals surface area contributed by atoms with E-state index >= 15 is 0 Å². The fraction of sp³-hybridized carbons (Fsp3) is 0.464. The molecule has 0 spiro atoms. The summed E-state index contributed by atoms with van der Waals surface area (Å²) in [5.74, 6) is 1.72. The number of H-pyrrole nitrogens is 1. The Hall–Kier alpha value is -2.79. The lowest BCUT2D eigenvalue weighted by molar-refractivity contribution is -0.120. The van der Waals surface area contributed by atoms with Gasteiger partial charge < -0.3 is 19.9 Å². The highest BCUT2D eigenvalue weighted by Crippen LogP contribution is 2.22. The topological polar surface area (TPSA) is 57.4 Å². The zero-order valence-corrected chi connectivity index (χ0v) is 20.0. The number of amides is 1. The van der Waals surface area contributed by atoms with E-state index < -0.39 is 0 Å². The second-order valence-corrected chi connectivity index (χ2v) is 8.84. The second-order valence-electron chi connectivity index (χ2n) is 8.84. The number of carbonyl (C=O) groups excluding carboxylic acids is 1. The molecule has 2 N–H and O–H groups in total. The third-order valence-electron chi connectivity index (χ3n) is 6.19. The standard InChI is InChI=1S/C28H39N3O2/c1-3-5-7-8-9-10-23-13-16-31(17-14-23)18-15-29-28(32)22-25-20-24-21-26(33-19-6-4-2)11-12-27(24)30-25/h3,5,7-9,11-12,20-21,23,30H,1,4,6,10,13-19,22H2,2H3,(H,29,32)/b7-5-,9-8+. The largest absolute Gasteiger partial charge is 0.494 e. The molecule has 178 valence electrons. The maximum absolute atomic E-state index is 12.4. The van der Waals surface area contributed by atoms with Crippen molar-refractivity contribution in [1.29, 1.82) is 0 Å². The summed E-state index contributed by atoms with van der Waals surface area (Å²) in [7, 11) is 0. The number of rotatable bonds is 13. The average molecular weight is 450 g/mol. The number of piperidine rings is 1. The number of nitrogens with one attached hydrogen (secondary N) is 2. The monoisotopic (exact) mass is 449 g/mol. The van der Waals surface area contributed by atoms with Crippen LogP contribution in [0.4, 0.5) is 0 Å². The van der Waals surface area contributed by atoms with Crippen molar-refractivity contribution in [2.24, 2.45) is 5.92 Å². The highest BCUT2D eigenvalue weighted by molar-refractivity contribution is 5.85. The number of nitrogens with zero attached hydrogens (tertiary/aromatic N) is 1. The first-order chi connectivity index (χ1) is 16.2. The van der Waals surface area contributed by atoms with Crippen molar-refractivity contribution in [2.45, 2.75) is 45.4 Å². The molecule has 1 saturated heterocycles. The normalized spacial score (nSPS) is 15.5. The van der Waals surface area contributed by atoms with E-state index in [4.69, 9.17) is 4.74 Å². The quantitative estimate of drug-likeness (QED) is 0.318. The van der Waals surface area contributed by atoms with E-state index in [0.29, 0.717) is 13.0 Å². The Bertz CT molecular complexity index is 936. The molecule has 0 aliphatic carbocycles. The lowest BCUT2D eigenvalue weighted by Gasteiger charge is -2.31. The summed E-state index contributed by atoms with van der Waals surface area (Å²) in [6.07, 6.45) is 16.3. The number of aromatic amines is 1. The lowest BCUT2D eigenvalue weighted by atomic mass is 9.93. The zero-order chi connectivity index (χ0) is 23.3. The molecule has 5 nitrogen and oxygen atoms in total. The van der Waals surface area contributed by atoms with E-state index in [0.717, 1.165) is 73.8 Å². The number of hydrogen-bond acceptors (Lipinski definition) is 3. The summed E-state index contributed by atoms with van der Waals surface area (Å²) in [4.78, 5) is 18.2. The van der Waals surface area contributed by atoms with E-state index in [2.05, 4.69) is 40.9 Å². The molecule has 33 heavy (non-hydrogen) atoms. The molecule has 0 saturated carbocycles. The van der Waals surface area contributed by atoms with Gasteiger partial charge in [0.2, 0.25) is 5.91 Å². The second kappa shape index (κ2) is 13.7. The highest BCUT2D eigenvalue weighted by atomic mass is 16.5. The number of carbonyl (C=O) groups is 1. The molecule has 0 radical (unpaired) electrons. The van der Waals surface area contributed by atoms with Gasteiger partial charge in [-0.1, -0.05) is 50.3 Å². The van der Waals surface area contributed by atoms with Crippen LogP contribution in [-0.4, -0.2) is 48.6 Å². The van der Waals surface area contributed by atoms with Crippen LogP contribution in [0.1, 0.15) is 44.7 Å². The van der Waals surface area contributed by atoms with Gasteiger partial charge in [-0.25, -0.2) is 0 Å². The minimum absolute atomic E-state index is 0.0635. The smallest absolute Gasteiger partial charge is 0.225 e. The Morgan fingerprint density at radius 2 is 2.09 bits per heavy atom. The molecule has 2 heterocycles. The number of hydrogen-bond donors (Lipinski definition) is 2. The molecule has 1 amide bonds. The molecule has 1 aliphatic heterocycles. The molecule has 0 atom stereocenters. The van der Waals surface area contributed by atoms with Crippen molar-refractivity contribution in [1.82, 2.24) is 15.2 Å². The van der Waals surface area contributed by atoms with Crippen LogP contribution in [0.5, 0.6) is 5.75 Å². The summed E-state index contributed by atoms with van der Waals surface area (Å²) in [5, 5.41) is 4.17. The molecular formula is C28H39N3O2. The van der Waals surface area contributed by atoms with Gasteiger partial charge in [0.25, 0.3) is 0 Å². The number of fused-ring (bicyclic) bond motifs is 1. The molecule has 1 aliphatic rings. The fourth-order valence-corrected chi connectivity index (χ4v) is 4.22. The molecule has 0 unspecified atom stereocenters. The van der Waals surface area contributed by atoms with Crippen LogP contribution in [0.2, 0.25) is 0 Å². The van der Waals surface area contributed by atoms with Gasteiger partial charge in [-0.2, -0.15) is 0 Å². The van der Waals surface area contributed by atoms with E-state index in [1.807, 2.05) is 36.4 Å². The van der Waals surface area contributed by atoms with Crippen molar-refractivity contribution < 1.29 is 9.53 Å². The Morgan fingerprint density at radius 1 is 1.24 bits per heavy atom. The van der Waals surface area contributed by atoms with E-state index in [-0.39, 0.29) is 5.91 Å². The van der Waals surface area contributed by atoms with Gasteiger partial charge in [-0.15, -0.1) is 0 Å². The summed E-state index contributed by atoms with van der Waals surface area (Å²) < 4.78 is 5.79. The maximum atomic E-state index is 12.4. The Labute approximate surface area is 198 Å². The van der Waals surface area contributed by atoms with Crippen molar-refractivity contribution >= 4 is 16.8 Å². The minimum atomic E-state index is 0.0635. The maximum Gasteiger partial charge on any atom is 0.225 e. The van der Waals surface area contributed by atoms with Crippen LogP contribution in [0.15, 0.2) is 61.2 Å². The van der Waals surface area contributed by atoms with Gasteiger partial charge in [0.05, 0.1) is 13.0 Å². The number of unbranched alkanes of at least 4 members (excludes halogenated alkanes) is 1. The van der Waals surface area contributed by atoms with E-state index in [1.165, 1.54) is 12.8 Å². The number of ether oxygens (including phenoxy) is 1. The Kier molecular flexibility index (Phi) is 10.3. The number of allylic oxidation sites excluding steroid dienone is 5. The van der Waals surface area contributed by atoms with Crippen molar-refractivity contribution in [2.75, 3.05) is 32.8 Å². The SMILES string of the molecule is C=C/C=C\C=C\CC1CCN(CCNC(=O)Cc2cc3cc(OCCCC)ccc3[nH]2)CC1. The van der Waals surface area contributed by atoms with Gasteiger partial charge in [-0.05, 0) is 69.0 Å². The third-order valence-corrected chi connectivity index (χ3v) is 6.19. The van der Waals surface area contributed by atoms with Crippen molar-refractivity contribution in [3.8, 4) is 5.75 Å². The van der Waals surface area contributed by atoms with Gasteiger partial charge >= 0.3 is 0 Å². The zero-order valence-electron chi connectivity index (χ0n) is 20.0. The molecule has 1 aromatic carbocycles. The van der Waals surface area contributed by atoms with Crippen molar-refractivity contribution in [3.63, 3.8) is 0 Å². The van der Waals surface area contributed by atoms with E-state index in [9.17, 15) is 4.79 Å². The van der Waals surface area contributed by atoms with Gasteiger partial charge in [0.15, 0.2) is 0 Å². The molecule has 1 aromatic heterocycles. The van der Waals surface area contributed by atoms with Crippen LogP contribution in [-0.2, 0) is 11.2 Å². The minimum Gasteiger partial charge on any atom is -0.494 e. The van der Waals surface area contributed by atoms with Crippen LogP contribution in [0.3, 0.4) is 0 Å². The van der Waals surface area contributed by atoms with Crippen molar-refractivity contribution in [3.05, 3.63) is 66.9 Å². The number of benzene rings is 1. The summed E-state index contributed by atoms with van der Waals surface area (Å²) >= 11 is 0. The Morgan fingerprint density at radius 3 is 2.88 bits per heavy atom. The first-order valence-corrected chi connectivity index (χ1v) is 12.4. The summed E-state index contributed by atoms with van der Waals surface area (Å²) in [6, 6.07) is 8.10. The summed E-state index contributed by atoms with van der Waals surface area (Å²) in [6.45, 7) is 10.4. The summed E-state index contributed by atoms with van der Waals surface area (Å²) in [5.41, 5.74) is 1.97. The molecular weight excluding hydrogens is 410 g/mol. The van der Waals surface area contributed by atoms with Crippen LogP contribution >= 0.6 is 0 Å².